The Bertz CT molecular complexity index is 609. The van der Waals surface area contributed by atoms with Gasteiger partial charge in [0.1, 0.15) is 15.8 Å². The van der Waals surface area contributed by atoms with Gasteiger partial charge in [-0.25, -0.2) is 9.98 Å². The Morgan fingerprint density at radius 1 is 1.35 bits per heavy atom. The number of thiazole rings is 1. The van der Waals surface area contributed by atoms with E-state index in [1.165, 1.54) is 23.1 Å². The van der Waals surface area contributed by atoms with Gasteiger partial charge in [-0.15, -0.1) is 11.3 Å². The number of fused-ring (bicyclic) bond motifs is 1. The van der Waals surface area contributed by atoms with Crippen molar-refractivity contribution in [1.29, 1.82) is 0 Å². The smallest absolute Gasteiger partial charge is 0.158 e. The lowest BCUT2D eigenvalue weighted by Crippen LogP contribution is -2.11. The molecule has 3 rings (SSSR count). The zero-order valence-electron chi connectivity index (χ0n) is 8.99. The Kier molecular flexibility index (Phi) is 2.57. The number of aliphatic imine (C=N–C) groups is 1. The summed E-state index contributed by atoms with van der Waals surface area (Å²) in [4.78, 5) is 8.63. The molecule has 0 bridgehead atoms. The van der Waals surface area contributed by atoms with Crippen LogP contribution >= 0.6 is 23.1 Å². The molecule has 6 heteroatoms. The van der Waals surface area contributed by atoms with Crippen molar-refractivity contribution >= 4 is 38.4 Å². The van der Waals surface area contributed by atoms with Crippen molar-refractivity contribution in [1.82, 2.24) is 4.98 Å². The predicted molar refractivity (Wildman–Crippen MR) is 70.9 cm³/mol. The minimum atomic E-state index is -0.643. The molecule has 1 aliphatic heterocycles. The van der Waals surface area contributed by atoms with E-state index in [0.717, 1.165) is 20.3 Å². The molecule has 2 heterocycles. The van der Waals surface area contributed by atoms with Crippen LogP contribution < -0.4 is 0 Å². The third-order valence-electron chi connectivity index (χ3n) is 2.52. The number of nitrogens with zero attached hydrogens (tertiary/aromatic N) is 2. The van der Waals surface area contributed by atoms with Gasteiger partial charge in [0, 0.05) is 0 Å². The van der Waals surface area contributed by atoms with Crippen LogP contribution in [-0.2, 0) is 0 Å². The SMILES string of the molecule is CC1SC(c2nc3ccc(O)cc3s2)=NC1O. The van der Waals surface area contributed by atoms with Crippen molar-refractivity contribution in [3.05, 3.63) is 23.2 Å². The third kappa shape index (κ3) is 1.92. The van der Waals surface area contributed by atoms with Gasteiger partial charge < -0.3 is 10.2 Å². The van der Waals surface area contributed by atoms with Gasteiger partial charge in [0.15, 0.2) is 6.23 Å². The number of phenolic OH excluding ortho intramolecular Hbond substituents is 1. The summed E-state index contributed by atoms with van der Waals surface area (Å²) >= 11 is 3.01. The van der Waals surface area contributed by atoms with Gasteiger partial charge in [-0.1, -0.05) is 11.8 Å². The molecular formula is C11H10N2O2S2. The van der Waals surface area contributed by atoms with E-state index in [1.54, 1.807) is 18.2 Å². The average molecular weight is 266 g/mol. The van der Waals surface area contributed by atoms with Gasteiger partial charge in [0.2, 0.25) is 0 Å². The number of hydrogen-bond donors (Lipinski definition) is 2. The number of aromatic hydroxyl groups is 1. The van der Waals surface area contributed by atoms with Gasteiger partial charge in [-0.3, -0.25) is 0 Å². The highest BCUT2D eigenvalue weighted by atomic mass is 32.2. The molecule has 88 valence electrons. The van der Waals surface area contributed by atoms with Crippen molar-refractivity contribution in [3.8, 4) is 5.75 Å². The molecule has 1 aromatic carbocycles. The van der Waals surface area contributed by atoms with E-state index in [1.807, 2.05) is 6.92 Å². The summed E-state index contributed by atoms with van der Waals surface area (Å²) < 4.78 is 0.928. The van der Waals surface area contributed by atoms with Gasteiger partial charge in [-0.2, -0.15) is 0 Å². The van der Waals surface area contributed by atoms with Crippen molar-refractivity contribution in [2.24, 2.45) is 4.99 Å². The topological polar surface area (TPSA) is 65.7 Å². The number of thioether (sulfide) groups is 1. The molecule has 2 N–H and O–H groups in total. The maximum absolute atomic E-state index is 9.58. The van der Waals surface area contributed by atoms with Crippen LogP contribution in [0.15, 0.2) is 23.2 Å². The van der Waals surface area contributed by atoms with E-state index in [0.29, 0.717) is 0 Å². The predicted octanol–water partition coefficient (Wildman–Crippen LogP) is 2.20. The van der Waals surface area contributed by atoms with Crippen LogP contribution in [0.25, 0.3) is 10.2 Å². The van der Waals surface area contributed by atoms with Crippen LogP contribution in [0.3, 0.4) is 0 Å². The lowest BCUT2D eigenvalue weighted by atomic mass is 10.3. The zero-order valence-corrected chi connectivity index (χ0v) is 10.6. The summed E-state index contributed by atoms with van der Waals surface area (Å²) in [5.74, 6) is 0.238. The molecular weight excluding hydrogens is 256 g/mol. The van der Waals surface area contributed by atoms with Crippen LogP contribution in [0.5, 0.6) is 5.75 Å². The Hall–Kier alpha value is -1.11. The van der Waals surface area contributed by atoms with Gasteiger partial charge in [-0.05, 0) is 25.1 Å². The first kappa shape index (κ1) is 11.0. The molecule has 0 radical (unpaired) electrons. The van der Waals surface area contributed by atoms with Gasteiger partial charge >= 0.3 is 0 Å². The number of phenols is 1. The van der Waals surface area contributed by atoms with Crippen LogP contribution in [-0.4, -0.2) is 31.7 Å². The Labute approximate surface area is 106 Å². The fraction of sp³-hybridized carbons (Fsp3) is 0.273. The Morgan fingerprint density at radius 3 is 2.88 bits per heavy atom. The number of aliphatic hydroxyl groups is 1. The second kappa shape index (κ2) is 3.97. The first-order valence-electron chi connectivity index (χ1n) is 5.16. The first-order valence-corrected chi connectivity index (χ1v) is 6.85. The Balaban J connectivity index is 2.04. The number of rotatable bonds is 1. The molecule has 2 aromatic rings. The second-order valence-corrected chi connectivity index (χ2v) is 6.24. The fourth-order valence-corrected chi connectivity index (χ4v) is 3.61. The van der Waals surface area contributed by atoms with Crippen molar-refractivity contribution < 1.29 is 10.2 Å². The molecule has 4 nitrogen and oxygen atoms in total. The molecule has 17 heavy (non-hydrogen) atoms. The van der Waals surface area contributed by atoms with Crippen LogP contribution in [0, 0.1) is 0 Å². The quantitative estimate of drug-likeness (QED) is 0.830. The third-order valence-corrected chi connectivity index (χ3v) is 4.81. The van der Waals surface area contributed by atoms with E-state index in [-0.39, 0.29) is 11.0 Å². The van der Waals surface area contributed by atoms with E-state index in [4.69, 9.17) is 0 Å². The highest BCUT2D eigenvalue weighted by Gasteiger charge is 2.27. The van der Waals surface area contributed by atoms with Crippen LogP contribution in [0.4, 0.5) is 0 Å². The molecule has 1 aromatic heterocycles. The van der Waals surface area contributed by atoms with Crippen LogP contribution in [0.1, 0.15) is 11.9 Å². The molecule has 0 spiro atoms. The largest absolute Gasteiger partial charge is 0.508 e. The minimum absolute atomic E-state index is 0.0745. The highest BCUT2D eigenvalue weighted by molar-refractivity contribution is 8.15. The first-order chi connectivity index (χ1) is 8.13. The summed E-state index contributed by atoms with van der Waals surface area (Å²) in [7, 11) is 0. The molecule has 0 fully saturated rings. The molecule has 1 aliphatic rings. The number of hydrogen-bond acceptors (Lipinski definition) is 6. The normalized spacial score (nSPS) is 24.2. The van der Waals surface area contributed by atoms with Crippen molar-refractivity contribution in [3.63, 3.8) is 0 Å². The molecule has 2 atom stereocenters. The van der Waals surface area contributed by atoms with Gasteiger partial charge in [0.25, 0.3) is 0 Å². The summed E-state index contributed by atoms with van der Waals surface area (Å²) in [5.41, 5.74) is 0.847. The fourth-order valence-electron chi connectivity index (χ4n) is 1.60. The van der Waals surface area contributed by atoms with E-state index in [9.17, 15) is 10.2 Å². The van der Waals surface area contributed by atoms with E-state index >= 15 is 0 Å². The maximum atomic E-state index is 9.58. The lowest BCUT2D eigenvalue weighted by molar-refractivity contribution is 0.189. The standard InChI is InChI=1S/C11H10N2O2S2/c1-5-9(15)13-11(16-5)10-12-7-3-2-6(14)4-8(7)17-10/h2-5,9,14-15H,1H3. The van der Waals surface area contributed by atoms with Gasteiger partial charge in [0.05, 0.1) is 15.5 Å². The Morgan fingerprint density at radius 2 is 2.18 bits per heavy atom. The number of aromatic nitrogens is 1. The van der Waals surface area contributed by atoms with Crippen molar-refractivity contribution in [2.45, 2.75) is 18.4 Å². The van der Waals surface area contributed by atoms with E-state index in [2.05, 4.69) is 9.98 Å². The summed E-state index contributed by atoms with van der Waals surface area (Å²) in [6.07, 6.45) is -0.643. The van der Waals surface area contributed by atoms with Crippen molar-refractivity contribution in [2.75, 3.05) is 0 Å². The minimum Gasteiger partial charge on any atom is -0.508 e. The number of benzene rings is 1. The van der Waals surface area contributed by atoms with Crippen LogP contribution in [0.2, 0.25) is 0 Å². The summed E-state index contributed by atoms with van der Waals surface area (Å²) in [6, 6.07) is 5.09. The van der Waals surface area contributed by atoms with E-state index < -0.39 is 6.23 Å². The average Bonchev–Trinajstić information content (AvgIpc) is 2.83. The monoisotopic (exact) mass is 266 g/mol. The summed E-state index contributed by atoms with van der Waals surface area (Å²) in [6.45, 7) is 1.94. The second-order valence-electron chi connectivity index (χ2n) is 3.84. The zero-order chi connectivity index (χ0) is 12.0. The number of aliphatic hydroxyl groups excluding tert-OH is 1. The highest BCUT2D eigenvalue weighted by Crippen LogP contribution is 2.33. The summed E-state index contributed by atoms with van der Waals surface area (Å²) in [5, 5.41) is 20.6. The lowest BCUT2D eigenvalue weighted by Gasteiger charge is -2.01. The molecule has 0 amide bonds. The molecule has 0 aliphatic carbocycles. The molecule has 0 saturated carbocycles. The molecule has 2 unspecified atom stereocenters. The molecule has 0 saturated heterocycles. The maximum Gasteiger partial charge on any atom is 0.158 e.